The Hall–Kier alpha value is -1.95. The molecule has 2 fully saturated rings. The van der Waals surface area contributed by atoms with E-state index < -0.39 is 0 Å². The molecule has 5 nitrogen and oxygen atoms in total. The molecule has 0 radical (unpaired) electrons. The number of nitrogens with zero attached hydrogens (tertiary/aromatic N) is 4. The lowest BCUT2D eigenvalue weighted by atomic mass is 9.80. The van der Waals surface area contributed by atoms with Crippen molar-refractivity contribution in [1.29, 1.82) is 0 Å². The molecule has 1 saturated carbocycles. The number of halogens is 2. The van der Waals surface area contributed by atoms with Gasteiger partial charge in [-0.05, 0) is 36.0 Å². The predicted molar refractivity (Wildman–Crippen MR) is 101 cm³/mol. The average molecular weight is 391 g/mol. The third-order valence-corrected chi connectivity index (χ3v) is 6.29. The Labute approximate surface area is 163 Å². The Morgan fingerprint density at radius 1 is 1.19 bits per heavy atom. The van der Waals surface area contributed by atoms with E-state index in [2.05, 4.69) is 10.3 Å². The van der Waals surface area contributed by atoms with E-state index in [-0.39, 0.29) is 11.7 Å². The highest BCUT2D eigenvalue weighted by Gasteiger charge is 2.33. The molecule has 1 aliphatic heterocycles. The van der Waals surface area contributed by atoms with Crippen LogP contribution in [0.5, 0.6) is 0 Å². The first-order chi connectivity index (χ1) is 13.1. The van der Waals surface area contributed by atoms with Crippen LogP contribution in [0.2, 0.25) is 5.02 Å². The van der Waals surface area contributed by atoms with Gasteiger partial charge in [-0.3, -0.25) is 4.79 Å². The van der Waals surface area contributed by atoms with Gasteiger partial charge in [-0.2, -0.15) is 0 Å². The largest absolute Gasteiger partial charge is 0.337 e. The van der Waals surface area contributed by atoms with E-state index in [0.717, 1.165) is 31.0 Å². The molecule has 2 heterocycles. The zero-order valence-electron chi connectivity index (χ0n) is 15.3. The van der Waals surface area contributed by atoms with E-state index in [1.165, 1.54) is 44.2 Å². The summed E-state index contributed by atoms with van der Waals surface area (Å²) in [7, 11) is 0. The number of amides is 1. The fourth-order valence-electron chi connectivity index (χ4n) is 4.42. The highest BCUT2D eigenvalue weighted by molar-refractivity contribution is 6.31. The average Bonchev–Trinajstić information content (AvgIpc) is 3.34. The molecule has 1 aromatic heterocycles. The Balaban J connectivity index is 1.38. The smallest absolute Gasteiger partial charge is 0.276 e. The van der Waals surface area contributed by atoms with Crippen LogP contribution < -0.4 is 0 Å². The van der Waals surface area contributed by atoms with Crippen LogP contribution in [-0.4, -0.2) is 38.9 Å². The SMILES string of the molecule is O=C(c1cn(Cc2ccc(F)cc2Cl)nn1)N1CC[C@@H](C2CCCCC2)C1. The van der Waals surface area contributed by atoms with Crippen LogP contribution >= 0.6 is 11.6 Å². The third kappa shape index (κ3) is 4.15. The summed E-state index contributed by atoms with van der Waals surface area (Å²) in [6.07, 6.45) is 9.37. The van der Waals surface area contributed by atoms with Crippen LogP contribution in [0.25, 0.3) is 0 Å². The molecule has 2 aromatic rings. The first kappa shape index (κ1) is 18.4. The second-order valence-corrected chi connectivity index (χ2v) is 8.14. The van der Waals surface area contributed by atoms with Gasteiger partial charge < -0.3 is 4.90 Å². The van der Waals surface area contributed by atoms with E-state index >= 15 is 0 Å². The number of carbonyl (C=O) groups is 1. The van der Waals surface area contributed by atoms with Gasteiger partial charge in [-0.15, -0.1) is 5.10 Å². The third-order valence-electron chi connectivity index (χ3n) is 5.93. The van der Waals surface area contributed by atoms with Gasteiger partial charge in [0.2, 0.25) is 0 Å². The minimum absolute atomic E-state index is 0.0511. The molecular weight excluding hydrogens is 367 g/mol. The number of carbonyl (C=O) groups excluding carboxylic acids is 1. The highest BCUT2D eigenvalue weighted by Crippen LogP contribution is 2.35. The number of aromatic nitrogens is 3. The van der Waals surface area contributed by atoms with Gasteiger partial charge in [-0.25, -0.2) is 9.07 Å². The van der Waals surface area contributed by atoms with Crippen molar-refractivity contribution in [3.8, 4) is 0 Å². The van der Waals surface area contributed by atoms with Crippen molar-refractivity contribution in [2.45, 2.75) is 45.1 Å². The molecule has 1 atom stereocenters. The normalized spacial score (nSPS) is 21.0. The fraction of sp³-hybridized carbons (Fsp3) is 0.550. The summed E-state index contributed by atoms with van der Waals surface area (Å²) in [6, 6.07) is 4.26. The van der Waals surface area contributed by atoms with Crippen molar-refractivity contribution < 1.29 is 9.18 Å². The lowest BCUT2D eigenvalue weighted by Gasteiger charge is -2.27. The monoisotopic (exact) mass is 390 g/mol. The van der Waals surface area contributed by atoms with E-state index in [0.29, 0.717) is 23.2 Å². The van der Waals surface area contributed by atoms with E-state index in [4.69, 9.17) is 11.6 Å². The molecule has 1 saturated heterocycles. The first-order valence-corrected chi connectivity index (χ1v) is 10.1. The van der Waals surface area contributed by atoms with Gasteiger partial charge in [0, 0.05) is 18.1 Å². The number of benzene rings is 1. The molecule has 0 N–H and O–H groups in total. The summed E-state index contributed by atoms with van der Waals surface area (Å²) in [5, 5.41) is 8.43. The Morgan fingerprint density at radius 3 is 2.78 bits per heavy atom. The van der Waals surface area contributed by atoms with E-state index in [1.54, 1.807) is 16.9 Å². The van der Waals surface area contributed by atoms with E-state index in [1.807, 2.05) is 4.90 Å². The lowest BCUT2D eigenvalue weighted by molar-refractivity contribution is 0.0773. The van der Waals surface area contributed by atoms with Gasteiger partial charge in [0.25, 0.3) is 5.91 Å². The molecule has 7 heteroatoms. The maximum absolute atomic E-state index is 13.2. The Bertz CT molecular complexity index is 818. The zero-order valence-corrected chi connectivity index (χ0v) is 16.0. The van der Waals surface area contributed by atoms with Gasteiger partial charge in [0.15, 0.2) is 5.69 Å². The molecule has 4 rings (SSSR count). The molecule has 1 aliphatic carbocycles. The summed E-state index contributed by atoms with van der Waals surface area (Å²) < 4.78 is 14.7. The molecular formula is C20H24ClFN4O. The molecule has 0 spiro atoms. The van der Waals surface area contributed by atoms with Crippen molar-refractivity contribution in [3.63, 3.8) is 0 Å². The Morgan fingerprint density at radius 2 is 2.00 bits per heavy atom. The maximum Gasteiger partial charge on any atom is 0.276 e. The zero-order chi connectivity index (χ0) is 18.8. The molecule has 2 aliphatic rings. The van der Waals surface area contributed by atoms with Crippen LogP contribution in [0.15, 0.2) is 24.4 Å². The number of hydrogen-bond acceptors (Lipinski definition) is 3. The molecule has 1 amide bonds. The molecule has 0 bridgehead atoms. The summed E-state index contributed by atoms with van der Waals surface area (Å²) in [6.45, 7) is 1.99. The molecule has 0 unspecified atom stereocenters. The second kappa shape index (κ2) is 7.97. The van der Waals surface area contributed by atoms with Gasteiger partial charge >= 0.3 is 0 Å². The van der Waals surface area contributed by atoms with Gasteiger partial charge in [0.05, 0.1) is 12.7 Å². The fourth-order valence-corrected chi connectivity index (χ4v) is 4.65. The van der Waals surface area contributed by atoms with Crippen molar-refractivity contribution in [3.05, 3.63) is 46.5 Å². The summed E-state index contributed by atoms with van der Waals surface area (Å²) in [5.41, 5.74) is 1.10. The standard InChI is InChI=1S/C20H24ClFN4O/c21-18-10-17(22)7-6-16(18)12-26-13-19(23-24-26)20(27)25-9-8-15(11-25)14-4-2-1-3-5-14/h6-7,10,13-15H,1-5,8-9,11-12H2/t15-/m1/s1. The van der Waals surface area contributed by atoms with Crippen molar-refractivity contribution in [2.75, 3.05) is 13.1 Å². The van der Waals surface area contributed by atoms with Crippen LogP contribution in [0, 0.1) is 17.7 Å². The quantitative estimate of drug-likeness (QED) is 0.787. The van der Waals surface area contributed by atoms with Crippen molar-refractivity contribution in [1.82, 2.24) is 19.9 Å². The minimum Gasteiger partial charge on any atom is -0.337 e. The van der Waals surface area contributed by atoms with Gasteiger partial charge in [-0.1, -0.05) is 55.0 Å². The maximum atomic E-state index is 13.2. The first-order valence-electron chi connectivity index (χ1n) is 9.73. The Kier molecular flexibility index (Phi) is 5.43. The number of rotatable bonds is 4. The minimum atomic E-state index is -0.375. The van der Waals surface area contributed by atoms with Crippen molar-refractivity contribution >= 4 is 17.5 Å². The van der Waals surface area contributed by atoms with Crippen LogP contribution in [0.4, 0.5) is 4.39 Å². The summed E-state index contributed by atoms with van der Waals surface area (Å²) in [4.78, 5) is 14.7. The van der Waals surface area contributed by atoms with Crippen LogP contribution in [-0.2, 0) is 6.54 Å². The summed E-state index contributed by atoms with van der Waals surface area (Å²) >= 11 is 6.07. The topological polar surface area (TPSA) is 51.0 Å². The molecule has 27 heavy (non-hydrogen) atoms. The predicted octanol–water partition coefficient (Wildman–Crippen LogP) is 4.16. The number of hydrogen-bond donors (Lipinski definition) is 0. The van der Waals surface area contributed by atoms with Gasteiger partial charge in [0.1, 0.15) is 5.82 Å². The molecule has 144 valence electrons. The van der Waals surface area contributed by atoms with Crippen LogP contribution in [0.3, 0.4) is 0 Å². The molecule has 1 aromatic carbocycles. The van der Waals surface area contributed by atoms with E-state index in [9.17, 15) is 9.18 Å². The highest BCUT2D eigenvalue weighted by atomic mass is 35.5. The summed E-state index contributed by atoms with van der Waals surface area (Å²) in [5.74, 6) is 0.972. The van der Waals surface area contributed by atoms with Crippen molar-refractivity contribution in [2.24, 2.45) is 11.8 Å². The number of likely N-dealkylation sites (tertiary alicyclic amines) is 1. The lowest BCUT2D eigenvalue weighted by Crippen LogP contribution is -2.30. The van der Waals surface area contributed by atoms with Crippen LogP contribution in [0.1, 0.15) is 54.6 Å². The second-order valence-electron chi connectivity index (χ2n) is 7.74.